The second-order valence-electron chi connectivity index (χ2n) is 4.01. The molecular weight excluding hydrogens is 250 g/mol. The van der Waals surface area contributed by atoms with E-state index in [1.54, 1.807) is 30.8 Å². The quantitative estimate of drug-likeness (QED) is 0.834. The normalized spacial score (nSPS) is 18.1. The molecule has 0 saturated heterocycles. The average Bonchev–Trinajstić information content (AvgIpc) is 2.92. The SMILES string of the molecule is COc1ccc2c(c1)C(=O)CC(c1cscn1)O2. The minimum Gasteiger partial charge on any atom is -0.497 e. The number of carbonyl (C=O) groups is 1. The largest absolute Gasteiger partial charge is 0.497 e. The van der Waals surface area contributed by atoms with Crippen molar-refractivity contribution < 1.29 is 14.3 Å². The Morgan fingerprint density at radius 2 is 2.39 bits per heavy atom. The highest BCUT2D eigenvalue weighted by molar-refractivity contribution is 7.07. The van der Waals surface area contributed by atoms with Crippen molar-refractivity contribution in [3.8, 4) is 11.5 Å². The Kier molecular flexibility index (Phi) is 2.76. The summed E-state index contributed by atoms with van der Waals surface area (Å²) in [5, 5.41) is 1.91. The molecule has 0 saturated carbocycles. The van der Waals surface area contributed by atoms with Crippen LogP contribution >= 0.6 is 11.3 Å². The van der Waals surface area contributed by atoms with Crippen molar-refractivity contribution in [3.05, 3.63) is 40.3 Å². The van der Waals surface area contributed by atoms with Gasteiger partial charge in [0, 0.05) is 5.38 Å². The van der Waals surface area contributed by atoms with E-state index in [1.807, 2.05) is 5.38 Å². The molecule has 3 rings (SSSR count). The predicted molar refractivity (Wildman–Crippen MR) is 67.4 cm³/mol. The van der Waals surface area contributed by atoms with Gasteiger partial charge < -0.3 is 9.47 Å². The third-order valence-electron chi connectivity index (χ3n) is 2.91. The summed E-state index contributed by atoms with van der Waals surface area (Å²) in [5.41, 5.74) is 3.14. The number of rotatable bonds is 2. The van der Waals surface area contributed by atoms with Crippen molar-refractivity contribution in [3.63, 3.8) is 0 Å². The van der Waals surface area contributed by atoms with Gasteiger partial charge in [-0.1, -0.05) is 0 Å². The molecule has 18 heavy (non-hydrogen) atoms. The van der Waals surface area contributed by atoms with Gasteiger partial charge in [0.25, 0.3) is 0 Å². The lowest BCUT2D eigenvalue weighted by molar-refractivity contribution is 0.0845. The first-order chi connectivity index (χ1) is 8.78. The van der Waals surface area contributed by atoms with Crippen molar-refractivity contribution in [1.29, 1.82) is 0 Å². The maximum Gasteiger partial charge on any atom is 0.170 e. The second-order valence-corrected chi connectivity index (χ2v) is 4.73. The molecule has 1 aliphatic heterocycles. The fraction of sp³-hybridized carbons (Fsp3) is 0.231. The van der Waals surface area contributed by atoms with E-state index >= 15 is 0 Å². The van der Waals surface area contributed by atoms with Crippen molar-refractivity contribution in [1.82, 2.24) is 4.98 Å². The van der Waals surface area contributed by atoms with E-state index < -0.39 is 0 Å². The van der Waals surface area contributed by atoms with Crippen molar-refractivity contribution in [2.75, 3.05) is 7.11 Å². The standard InChI is InChI=1S/C13H11NO3S/c1-16-8-2-3-12-9(4-8)11(15)5-13(17-12)10-6-18-7-14-10/h2-4,6-7,13H,5H2,1H3. The number of ketones is 1. The Morgan fingerprint density at radius 1 is 1.50 bits per heavy atom. The second kappa shape index (κ2) is 4.42. The van der Waals surface area contributed by atoms with Gasteiger partial charge in [0.1, 0.15) is 17.6 Å². The predicted octanol–water partition coefficient (Wildman–Crippen LogP) is 2.86. The lowest BCUT2D eigenvalue weighted by Gasteiger charge is -2.24. The molecule has 0 N–H and O–H groups in total. The minimum absolute atomic E-state index is 0.0631. The number of fused-ring (bicyclic) bond motifs is 1. The van der Waals surface area contributed by atoms with Crippen LogP contribution in [-0.2, 0) is 0 Å². The monoisotopic (exact) mass is 261 g/mol. The highest BCUT2D eigenvalue weighted by atomic mass is 32.1. The van der Waals surface area contributed by atoms with Crippen LogP contribution in [0.15, 0.2) is 29.1 Å². The fourth-order valence-corrected chi connectivity index (χ4v) is 2.57. The van der Waals surface area contributed by atoms with E-state index in [1.165, 1.54) is 11.3 Å². The van der Waals surface area contributed by atoms with E-state index in [2.05, 4.69) is 4.98 Å². The molecule has 1 aromatic heterocycles. The summed E-state index contributed by atoms with van der Waals surface area (Å²) >= 11 is 1.50. The molecule has 1 atom stereocenters. The minimum atomic E-state index is -0.273. The van der Waals surface area contributed by atoms with E-state index in [0.717, 1.165) is 5.69 Å². The molecule has 0 amide bonds. The molecule has 0 bridgehead atoms. The van der Waals surface area contributed by atoms with E-state index in [0.29, 0.717) is 23.5 Å². The highest BCUT2D eigenvalue weighted by Gasteiger charge is 2.29. The number of ether oxygens (including phenoxy) is 2. The van der Waals surface area contributed by atoms with Crippen LogP contribution in [0.5, 0.6) is 11.5 Å². The molecule has 5 heteroatoms. The summed E-state index contributed by atoms with van der Waals surface area (Å²) in [7, 11) is 1.58. The third-order valence-corrected chi connectivity index (χ3v) is 3.51. The lowest BCUT2D eigenvalue weighted by atomic mass is 9.99. The van der Waals surface area contributed by atoms with Gasteiger partial charge >= 0.3 is 0 Å². The van der Waals surface area contributed by atoms with Crippen LogP contribution in [0, 0.1) is 0 Å². The zero-order valence-electron chi connectivity index (χ0n) is 9.75. The zero-order valence-corrected chi connectivity index (χ0v) is 10.6. The average molecular weight is 261 g/mol. The van der Waals surface area contributed by atoms with Gasteiger partial charge in [-0.15, -0.1) is 11.3 Å². The Balaban J connectivity index is 1.96. The Hall–Kier alpha value is -1.88. The lowest BCUT2D eigenvalue weighted by Crippen LogP contribution is -2.20. The molecule has 0 aliphatic carbocycles. The van der Waals surface area contributed by atoms with Crippen LogP contribution < -0.4 is 9.47 Å². The maximum absolute atomic E-state index is 12.1. The van der Waals surface area contributed by atoms with E-state index in [-0.39, 0.29) is 11.9 Å². The molecule has 2 heterocycles. The molecule has 1 aromatic carbocycles. The number of carbonyl (C=O) groups excluding carboxylic acids is 1. The summed E-state index contributed by atoms with van der Waals surface area (Å²) in [6.07, 6.45) is 0.0498. The number of benzene rings is 1. The molecular formula is C13H11NO3S. The summed E-state index contributed by atoms with van der Waals surface area (Å²) in [4.78, 5) is 16.3. The van der Waals surface area contributed by atoms with Crippen LogP contribution in [0.1, 0.15) is 28.6 Å². The first-order valence-corrected chi connectivity index (χ1v) is 6.48. The number of aromatic nitrogens is 1. The van der Waals surface area contributed by atoms with Gasteiger partial charge in [-0.25, -0.2) is 4.98 Å². The van der Waals surface area contributed by atoms with Crippen LogP contribution in [0.3, 0.4) is 0 Å². The molecule has 0 fully saturated rings. The number of Topliss-reactive ketones (excluding diaryl/α,β-unsaturated/α-hetero) is 1. The maximum atomic E-state index is 12.1. The van der Waals surface area contributed by atoms with Crippen LogP contribution in [0.25, 0.3) is 0 Å². The first kappa shape index (κ1) is 11.2. The van der Waals surface area contributed by atoms with E-state index in [9.17, 15) is 4.79 Å². The summed E-state index contributed by atoms with van der Waals surface area (Å²) in [6.45, 7) is 0. The smallest absolute Gasteiger partial charge is 0.170 e. The molecule has 92 valence electrons. The number of thiazole rings is 1. The van der Waals surface area contributed by atoms with Crippen LogP contribution in [0.4, 0.5) is 0 Å². The molecule has 4 nitrogen and oxygen atoms in total. The Morgan fingerprint density at radius 3 is 3.11 bits per heavy atom. The fourth-order valence-electron chi connectivity index (χ4n) is 1.98. The molecule has 0 radical (unpaired) electrons. The molecule has 1 unspecified atom stereocenters. The van der Waals surface area contributed by atoms with Crippen LogP contribution in [0.2, 0.25) is 0 Å². The summed E-state index contributed by atoms with van der Waals surface area (Å²) in [6, 6.07) is 5.27. The van der Waals surface area contributed by atoms with Gasteiger partial charge in [0.2, 0.25) is 0 Å². The number of methoxy groups -OCH3 is 1. The summed E-state index contributed by atoms with van der Waals surface area (Å²) < 4.78 is 10.9. The summed E-state index contributed by atoms with van der Waals surface area (Å²) in [5.74, 6) is 1.33. The molecule has 2 aromatic rings. The topological polar surface area (TPSA) is 48.4 Å². The number of hydrogen-bond donors (Lipinski definition) is 0. The van der Waals surface area contributed by atoms with Gasteiger partial charge in [0.05, 0.1) is 30.3 Å². The van der Waals surface area contributed by atoms with Gasteiger partial charge in [0.15, 0.2) is 5.78 Å². The van der Waals surface area contributed by atoms with Crippen LogP contribution in [-0.4, -0.2) is 17.9 Å². The molecule has 1 aliphatic rings. The van der Waals surface area contributed by atoms with Crippen molar-refractivity contribution in [2.24, 2.45) is 0 Å². The van der Waals surface area contributed by atoms with Gasteiger partial charge in [-0.3, -0.25) is 4.79 Å². The number of hydrogen-bond acceptors (Lipinski definition) is 5. The first-order valence-electron chi connectivity index (χ1n) is 5.54. The van der Waals surface area contributed by atoms with E-state index in [4.69, 9.17) is 9.47 Å². The highest BCUT2D eigenvalue weighted by Crippen LogP contribution is 2.36. The van der Waals surface area contributed by atoms with Gasteiger partial charge in [-0.2, -0.15) is 0 Å². The third kappa shape index (κ3) is 1.86. The van der Waals surface area contributed by atoms with Gasteiger partial charge in [-0.05, 0) is 18.2 Å². The van der Waals surface area contributed by atoms with Crippen molar-refractivity contribution in [2.45, 2.75) is 12.5 Å². The van der Waals surface area contributed by atoms with Crippen molar-refractivity contribution >= 4 is 17.1 Å². The number of nitrogens with zero attached hydrogens (tertiary/aromatic N) is 1. The Labute approximate surface area is 108 Å². The Bertz CT molecular complexity index is 580. The molecule has 0 spiro atoms. The zero-order chi connectivity index (χ0) is 12.5.